The summed E-state index contributed by atoms with van der Waals surface area (Å²) in [6, 6.07) is 49.2. The highest BCUT2D eigenvalue weighted by molar-refractivity contribution is 6.24. The van der Waals surface area contributed by atoms with Crippen LogP contribution >= 0.6 is 0 Å². The summed E-state index contributed by atoms with van der Waals surface area (Å²) in [5.41, 5.74) is 7.26. The fourth-order valence-electron chi connectivity index (χ4n) is 6.16. The maximum absolute atomic E-state index is 6.55. The van der Waals surface area contributed by atoms with Gasteiger partial charge in [-0.15, -0.1) is 0 Å². The summed E-state index contributed by atoms with van der Waals surface area (Å²) in [4.78, 5) is 20.0. The van der Waals surface area contributed by atoms with E-state index in [0.29, 0.717) is 17.5 Å². The Morgan fingerprint density at radius 3 is 1.58 bits per heavy atom. The van der Waals surface area contributed by atoms with Crippen molar-refractivity contribution in [1.29, 1.82) is 0 Å². The number of hydrogen-bond acceptors (Lipinski definition) is 5. The average Bonchev–Trinajstić information content (AvgIpc) is 3.51. The maximum Gasteiger partial charge on any atom is 0.164 e. The summed E-state index contributed by atoms with van der Waals surface area (Å²) in [7, 11) is 0. The molecule has 9 aromatic rings. The predicted molar refractivity (Wildman–Crippen MR) is 182 cm³/mol. The van der Waals surface area contributed by atoms with Gasteiger partial charge in [-0.3, -0.25) is 0 Å². The molecule has 0 unspecified atom stereocenters. The largest absolute Gasteiger partial charge is 0.455 e. The zero-order chi connectivity index (χ0) is 29.7. The lowest BCUT2D eigenvalue weighted by Gasteiger charge is -2.12. The molecule has 9 rings (SSSR count). The first kappa shape index (κ1) is 25.3. The number of pyridine rings is 1. The number of benzene rings is 6. The van der Waals surface area contributed by atoms with Crippen LogP contribution in [0.25, 0.3) is 89.0 Å². The summed E-state index contributed by atoms with van der Waals surface area (Å²) >= 11 is 0. The molecule has 0 atom stereocenters. The van der Waals surface area contributed by atoms with E-state index >= 15 is 0 Å². The first-order valence-electron chi connectivity index (χ1n) is 14.9. The molecule has 0 radical (unpaired) electrons. The Balaban J connectivity index is 1.33. The Morgan fingerprint density at radius 1 is 0.378 bits per heavy atom. The minimum absolute atomic E-state index is 0.592. The lowest BCUT2D eigenvalue weighted by molar-refractivity contribution is 0.673. The van der Waals surface area contributed by atoms with Gasteiger partial charge in [-0.25, -0.2) is 19.9 Å². The van der Waals surface area contributed by atoms with Gasteiger partial charge in [0.25, 0.3) is 0 Å². The number of fused-ring (bicyclic) bond motifs is 7. The second-order valence-electron chi connectivity index (χ2n) is 11.1. The van der Waals surface area contributed by atoms with Crippen molar-refractivity contribution in [3.05, 3.63) is 146 Å². The Morgan fingerprint density at radius 2 is 0.911 bits per heavy atom. The third-order valence-electron chi connectivity index (χ3n) is 8.31. The molecule has 0 spiro atoms. The van der Waals surface area contributed by atoms with Gasteiger partial charge < -0.3 is 4.42 Å². The molecule has 3 heterocycles. The van der Waals surface area contributed by atoms with Gasteiger partial charge in [-0.2, -0.15) is 0 Å². The van der Waals surface area contributed by atoms with Crippen LogP contribution in [0.1, 0.15) is 0 Å². The second kappa shape index (κ2) is 10.2. The van der Waals surface area contributed by atoms with Gasteiger partial charge in [0, 0.05) is 49.2 Å². The van der Waals surface area contributed by atoms with Crippen LogP contribution in [0.4, 0.5) is 0 Å². The van der Waals surface area contributed by atoms with Gasteiger partial charge in [0.05, 0.1) is 11.2 Å². The first-order chi connectivity index (χ1) is 22.3. The maximum atomic E-state index is 6.55. The molecule has 45 heavy (non-hydrogen) atoms. The van der Waals surface area contributed by atoms with E-state index in [-0.39, 0.29) is 0 Å². The quantitative estimate of drug-likeness (QED) is 0.195. The van der Waals surface area contributed by atoms with Gasteiger partial charge in [0.2, 0.25) is 0 Å². The van der Waals surface area contributed by atoms with Crippen molar-refractivity contribution in [3.63, 3.8) is 0 Å². The zero-order valence-corrected chi connectivity index (χ0v) is 24.1. The van der Waals surface area contributed by atoms with Gasteiger partial charge >= 0.3 is 0 Å². The number of nitrogens with zero attached hydrogens (tertiary/aromatic N) is 4. The minimum atomic E-state index is 0.592. The van der Waals surface area contributed by atoms with Gasteiger partial charge in [0.15, 0.2) is 17.5 Å². The Bertz CT molecular complexity index is 2470. The monoisotopic (exact) mass is 576 g/mol. The molecular formula is C40H24N4O. The highest BCUT2D eigenvalue weighted by Gasteiger charge is 2.19. The molecule has 0 aliphatic carbocycles. The zero-order valence-electron chi connectivity index (χ0n) is 24.1. The smallest absolute Gasteiger partial charge is 0.164 e. The van der Waals surface area contributed by atoms with Crippen molar-refractivity contribution < 1.29 is 4.42 Å². The summed E-state index contributed by atoms with van der Waals surface area (Å²) in [6.45, 7) is 0. The Kier molecular flexibility index (Phi) is 5.74. The summed E-state index contributed by atoms with van der Waals surface area (Å²) < 4.78 is 6.55. The van der Waals surface area contributed by atoms with Crippen LogP contribution in [0.2, 0.25) is 0 Å². The fourth-order valence-corrected chi connectivity index (χ4v) is 6.16. The molecule has 5 heteroatoms. The predicted octanol–water partition coefficient (Wildman–Crippen LogP) is 10.1. The fraction of sp³-hybridized carbons (Fsp3) is 0. The second-order valence-corrected chi connectivity index (χ2v) is 11.1. The van der Waals surface area contributed by atoms with Gasteiger partial charge in [0.1, 0.15) is 11.2 Å². The molecule has 0 bridgehead atoms. The van der Waals surface area contributed by atoms with Crippen molar-refractivity contribution in [1.82, 2.24) is 19.9 Å². The summed E-state index contributed by atoms with van der Waals surface area (Å²) in [5.74, 6) is 1.84. The van der Waals surface area contributed by atoms with Crippen LogP contribution < -0.4 is 0 Å². The third kappa shape index (κ3) is 4.25. The average molecular weight is 577 g/mol. The van der Waals surface area contributed by atoms with Crippen LogP contribution in [-0.2, 0) is 0 Å². The molecule has 0 aliphatic rings. The van der Waals surface area contributed by atoms with E-state index in [1.165, 1.54) is 0 Å². The molecule has 3 aromatic heterocycles. The van der Waals surface area contributed by atoms with Crippen LogP contribution in [0, 0.1) is 0 Å². The Labute approximate surface area is 258 Å². The van der Waals surface area contributed by atoms with E-state index in [1.54, 1.807) is 0 Å². The van der Waals surface area contributed by atoms with Crippen LogP contribution in [0.3, 0.4) is 0 Å². The number of para-hydroxylation sites is 1. The van der Waals surface area contributed by atoms with E-state index in [9.17, 15) is 0 Å². The molecule has 0 amide bonds. The summed E-state index contributed by atoms with van der Waals surface area (Å²) in [5, 5.41) is 5.30. The molecule has 0 saturated carbocycles. The van der Waals surface area contributed by atoms with Crippen molar-refractivity contribution in [2.75, 3.05) is 0 Å². The molecule has 0 aliphatic heterocycles. The lowest BCUT2D eigenvalue weighted by atomic mass is 9.97. The highest BCUT2D eigenvalue weighted by atomic mass is 16.3. The van der Waals surface area contributed by atoms with Crippen LogP contribution in [0.15, 0.2) is 150 Å². The normalized spacial score (nSPS) is 11.6. The van der Waals surface area contributed by atoms with Gasteiger partial charge in [-0.05, 0) is 18.2 Å². The highest BCUT2D eigenvalue weighted by Crippen LogP contribution is 2.41. The van der Waals surface area contributed by atoms with Crippen molar-refractivity contribution >= 4 is 43.6 Å². The number of furan rings is 1. The third-order valence-corrected chi connectivity index (χ3v) is 8.31. The molecule has 0 saturated heterocycles. The van der Waals surface area contributed by atoms with E-state index in [2.05, 4.69) is 54.6 Å². The van der Waals surface area contributed by atoms with Crippen LogP contribution in [-0.4, -0.2) is 19.9 Å². The lowest BCUT2D eigenvalue weighted by Crippen LogP contribution is -2.00. The van der Waals surface area contributed by atoms with E-state index in [1.807, 2.05) is 91.0 Å². The number of hydrogen-bond donors (Lipinski definition) is 0. The molecular weight excluding hydrogens is 552 g/mol. The topological polar surface area (TPSA) is 64.7 Å². The van der Waals surface area contributed by atoms with Crippen molar-refractivity contribution in [2.24, 2.45) is 0 Å². The number of rotatable bonds is 4. The SMILES string of the molecule is c1ccc(-c2nc(-c3ccccc3)nc(-c3ccc4c(c3)nc(-c3ccccc3)c3ccc5c6ccccc6oc5c34)n2)cc1. The van der Waals surface area contributed by atoms with E-state index in [0.717, 1.165) is 71.6 Å². The van der Waals surface area contributed by atoms with Crippen molar-refractivity contribution in [2.45, 2.75) is 0 Å². The standard InChI is InChI=1S/C40H24N4O/c1-4-12-25(13-5-1)36-32-23-22-30-29-18-10-11-19-34(29)45-37(30)35(32)31-21-20-28(24-33(31)41-36)40-43-38(26-14-6-2-7-15-26)42-39(44-40)27-16-8-3-9-17-27/h1-24H. The molecule has 5 nitrogen and oxygen atoms in total. The Hall–Kier alpha value is -6.20. The molecule has 210 valence electrons. The van der Waals surface area contributed by atoms with E-state index in [4.69, 9.17) is 24.4 Å². The molecule has 0 N–H and O–H groups in total. The van der Waals surface area contributed by atoms with Crippen LogP contribution in [0.5, 0.6) is 0 Å². The molecule has 6 aromatic carbocycles. The molecule has 0 fully saturated rings. The first-order valence-corrected chi connectivity index (χ1v) is 14.9. The van der Waals surface area contributed by atoms with E-state index < -0.39 is 0 Å². The number of aromatic nitrogens is 4. The summed E-state index contributed by atoms with van der Waals surface area (Å²) in [6.07, 6.45) is 0. The van der Waals surface area contributed by atoms with Crippen molar-refractivity contribution in [3.8, 4) is 45.4 Å². The minimum Gasteiger partial charge on any atom is -0.455 e. The van der Waals surface area contributed by atoms with Gasteiger partial charge in [-0.1, -0.05) is 127 Å².